The molecule has 0 aromatic carbocycles. The fourth-order valence-corrected chi connectivity index (χ4v) is 0. The van der Waals surface area contributed by atoms with E-state index in [0.29, 0.717) is 0 Å². The fourth-order valence-electron chi connectivity index (χ4n) is 0. The van der Waals surface area contributed by atoms with Gasteiger partial charge in [0.05, 0.1) is 7.11 Å². The summed E-state index contributed by atoms with van der Waals surface area (Å²) in [6, 6.07) is 0. The Morgan fingerprint density at radius 3 is 1.70 bits per heavy atom. The quantitative estimate of drug-likeness (QED) is 0.190. The molecule has 0 saturated heterocycles. The van der Waals surface area contributed by atoms with E-state index in [1.807, 2.05) is 0 Å². The van der Waals surface area contributed by atoms with Gasteiger partial charge in [-0.15, -0.1) is 0 Å². The predicted molar refractivity (Wildman–Crippen MR) is 25.4 cm³/mol. The third-order valence-electron chi connectivity index (χ3n) is 0.204. The van der Waals surface area contributed by atoms with E-state index >= 15 is 0 Å². The molecule has 0 rings (SSSR count). The third-order valence-corrected chi connectivity index (χ3v) is 0.612. The Labute approximate surface area is 80.4 Å². The molecule has 0 amide bonds. The second-order valence-corrected chi connectivity index (χ2v) is 1.83. The Hall–Kier alpha value is 0.340. The van der Waals surface area contributed by atoms with E-state index in [4.69, 9.17) is 9.90 Å². The van der Waals surface area contributed by atoms with Gasteiger partial charge in [-0.25, -0.2) is 8.42 Å². The molecule has 0 aromatic rings. The van der Waals surface area contributed by atoms with E-state index in [2.05, 4.69) is 4.18 Å². The molecule has 0 bridgehead atoms. The first-order chi connectivity index (χ1) is 3.97. The van der Waals surface area contributed by atoms with Crippen LogP contribution in [-0.2, 0) is 19.4 Å². The van der Waals surface area contributed by atoms with Gasteiger partial charge in [0.2, 0.25) is 10.4 Å². The van der Waals surface area contributed by atoms with Crippen LogP contribution in [0.2, 0.25) is 0 Å². The Balaban J connectivity index is -0.000000107. The van der Waals surface area contributed by atoms with E-state index < -0.39 is 10.4 Å². The van der Waals surface area contributed by atoms with Crippen LogP contribution in [0.15, 0.2) is 0 Å². The first-order valence-corrected chi connectivity index (χ1v) is 2.90. The molecule has 0 unspecified atom stereocenters. The molecule has 0 radical (unpaired) electrons. The minimum Gasteiger partial charge on any atom is -0.726 e. The van der Waals surface area contributed by atoms with Gasteiger partial charge in [0, 0.05) is 0 Å². The van der Waals surface area contributed by atoms with E-state index in [1.54, 1.807) is 0 Å². The second-order valence-electron chi connectivity index (χ2n) is 0.680. The van der Waals surface area contributed by atoms with Crippen molar-refractivity contribution in [2.24, 2.45) is 0 Å². The van der Waals surface area contributed by atoms with Crippen molar-refractivity contribution in [2.75, 3.05) is 7.11 Å². The van der Waals surface area contributed by atoms with Crippen molar-refractivity contribution in [1.29, 1.82) is 0 Å². The van der Waals surface area contributed by atoms with E-state index in [-0.39, 0.29) is 36.0 Å². The molecule has 0 atom stereocenters. The van der Waals surface area contributed by atoms with E-state index in [1.165, 1.54) is 0 Å². The van der Waals surface area contributed by atoms with Gasteiger partial charge >= 0.3 is 29.6 Å². The Kier molecular flexibility index (Phi) is 15.6. The summed E-state index contributed by atoms with van der Waals surface area (Å²) in [5.41, 5.74) is 0. The van der Waals surface area contributed by atoms with Gasteiger partial charge in [0.15, 0.2) is 0 Å². The van der Waals surface area contributed by atoms with Crippen molar-refractivity contribution < 1.29 is 56.6 Å². The SMILES string of the molecule is COS(=O)(=O)[O-].O=CO.[Na+]. The molecule has 56 valence electrons. The van der Waals surface area contributed by atoms with Gasteiger partial charge in [0.25, 0.3) is 6.47 Å². The second kappa shape index (κ2) is 9.34. The molecule has 10 heavy (non-hydrogen) atoms. The third kappa shape index (κ3) is 40.3. The molecule has 0 heterocycles. The van der Waals surface area contributed by atoms with Crippen molar-refractivity contribution in [2.45, 2.75) is 0 Å². The summed E-state index contributed by atoms with van der Waals surface area (Å²) in [7, 11) is -3.60. The van der Waals surface area contributed by atoms with Gasteiger partial charge in [-0.05, 0) is 0 Å². The monoisotopic (exact) mass is 180 g/mol. The predicted octanol–water partition coefficient (Wildman–Crippen LogP) is -4.20. The maximum atomic E-state index is 9.22. The number of carboxylic acid groups (broad SMARTS) is 1. The van der Waals surface area contributed by atoms with Gasteiger partial charge in [0.1, 0.15) is 0 Å². The maximum Gasteiger partial charge on any atom is 1.00 e. The van der Waals surface area contributed by atoms with E-state index in [9.17, 15) is 13.0 Å². The van der Waals surface area contributed by atoms with Gasteiger partial charge in [-0.1, -0.05) is 0 Å². The summed E-state index contributed by atoms with van der Waals surface area (Å²) >= 11 is 0. The molecule has 0 spiro atoms. The van der Waals surface area contributed by atoms with Crippen LogP contribution in [0.1, 0.15) is 0 Å². The van der Waals surface area contributed by atoms with Crippen LogP contribution in [0.5, 0.6) is 0 Å². The fraction of sp³-hybridized carbons (Fsp3) is 0.500. The minimum atomic E-state index is -4.41. The van der Waals surface area contributed by atoms with E-state index in [0.717, 1.165) is 7.11 Å². The van der Waals surface area contributed by atoms with Gasteiger partial charge < -0.3 is 9.66 Å². The van der Waals surface area contributed by atoms with Crippen LogP contribution < -0.4 is 29.6 Å². The maximum absolute atomic E-state index is 9.22. The molecule has 0 aliphatic heterocycles. The largest absolute Gasteiger partial charge is 1.00 e. The zero-order valence-corrected chi connectivity index (χ0v) is 8.29. The zero-order valence-electron chi connectivity index (χ0n) is 5.47. The first kappa shape index (κ1) is 16.7. The summed E-state index contributed by atoms with van der Waals surface area (Å²) in [5.74, 6) is 0. The topological polar surface area (TPSA) is 104 Å². The average Bonchev–Trinajstić information content (AvgIpc) is 1.67. The summed E-state index contributed by atoms with van der Waals surface area (Å²) < 4.78 is 31.0. The Morgan fingerprint density at radius 2 is 1.70 bits per heavy atom. The summed E-state index contributed by atoms with van der Waals surface area (Å²) in [6.45, 7) is -0.250. The number of carbonyl (C=O) groups is 1. The molecule has 1 N–H and O–H groups in total. The Bertz CT molecular complexity index is 149. The van der Waals surface area contributed by atoms with Crippen molar-refractivity contribution in [1.82, 2.24) is 0 Å². The molecule has 0 aliphatic carbocycles. The zero-order chi connectivity index (χ0) is 7.91. The molecule has 0 fully saturated rings. The summed E-state index contributed by atoms with van der Waals surface area (Å²) in [4.78, 5) is 8.36. The number of rotatable bonds is 1. The smallest absolute Gasteiger partial charge is 0.726 e. The summed E-state index contributed by atoms with van der Waals surface area (Å²) in [6.07, 6.45) is 0. The van der Waals surface area contributed by atoms with Gasteiger partial charge in [-0.3, -0.25) is 8.98 Å². The number of hydrogen-bond acceptors (Lipinski definition) is 5. The summed E-state index contributed by atoms with van der Waals surface area (Å²) in [5, 5.41) is 6.89. The van der Waals surface area contributed by atoms with Crippen molar-refractivity contribution in [3.05, 3.63) is 0 Å². The Morgan fingerprint density at radius 1 is 1.60 bits per heavy atom. The first-order valence-electron chi connectivity index (χ1n) is 1.57. The molecule has 0 saturated carbocycles. The minimum absolute atomic E-state index is 0. The standard InChI is InChI=1S/CH4O4S.CH2O2.Na/c1-5-6(2,3)4;2-1-3;/h1H3,(H,2,3,4);1H,(H,2,3);/q;;+1/p-1. The molecule has 6 nitrogen and oxygen atoms in total. The van der Waals surface area contributed by atoms with Crippen LogP contribution in [0.4, 0.5) is 0 Å². The average molecular weight is 180 g/mol. The van der Waals surface area contributed by atoms with Gasteiger partial charge in [-0.2, -0.15) is 0 Å². The molecule has 0 aliphatic rings. The van der Waals surface area contributed by atoms with Crippen LogP contribution in [0.25, 0.3) is 0 Å². The van der Waals surface area contributed by atoms with Crippen LogP contribution in [0.3, 0.4) is 0 Å². The van der Waals surface area contributed by atoms with Crippen LogP contribution in [0, 0.1) is 0 Å². The molecular weight excluding hydrogens is 175 g/mol. The molecule has 8 heteroatoms. The number of hydrogen-bond donors (Lipinski definition) is 1. The van der Waals surface area contributed by atoms with Crippen molar-refractivity contribution in [3.63, 3.8) is 0 Å². The normalized spacial score (nSPS) is 8.20. The van der Waals surface area contributed by atoms with Crippen LogP contribution in [-0.4, -0.2) is 31.7 Å². The van der Waals surface area contributed by atoms with Crippen molar-refractivity contribution >= 4 is 16.9 Å². The van der Waals surface area contributed by atoms with Crippen molar-refractivity contribution in [3.8, 4) is 0 Å². The molecular formula is C2H5NaO6S. The van der Waals surface area contributed by atoms with Crippen LogP contribution >= 0.6 is 0 Å². The molecule has 0 aromatic heterocycles.